The first-order valence-corrected chi connectivity index (χ1v) is 10.2. The normalized spacial score (nSPS) is 19.7. The predicted octanol–water partition coefficient (Wildman–Crippen LogP) is 2.79. The van der Waals surface area contributed by atoms with Crippen LogP contribution in [0.4, 0.5) is 30.8 Å². The van der Waals surface area contributed by atoms with Gasteiger partial charge in [0.15, 0.2) is 0 Å². The minimum absolute atomic E-state index is 0.0181. The van der Waals surface area contributed by atoms with E-state index in [1.54, 1.807) is 18.3 Å². The third-order valence-corrected chi connectivity index (χ3v) is 5.49. The summed E-state index contributed by atoms with van der Waals surface area (Å²) in [4.78, 5) is 18.6. The molecule has 0 saturated carbocycles. The molecule has 2 atom stereocenters. The number of rotatable bonds is 5. The van der Waals surface area contributed by atoms with Gasteiger partial charge in [-0.3, -0.25) is 0 Å². The van der Waals surface area contributed by atoms with Crippen molar-refractivity contribution in [2.75, 3.05) is 23.3 Å². The highest BCUT2D eigenvalue weighted by Gasteiger charge is 2.47. The van der Waals surface area contributed by atoms with Crippen LogP contribution in [0.5, 0.6) is 0 Å². The topological polar surface area (TPSA) is 112 Å². The standard InChI is InChI=1S/C20H24F3N7O2/c1-11(2)30-14-7-17(25-8-13(14)26-18(30)10-31)27-16-3-5-24-19(28-16)29-6-4-15(32)12(9-29)20(21,22)23/h3,5,7-8,11-12,15,31-32H,4,6,9-10H2,1-2H3,(H,24,25,27,28). The molecule has 3 N–H and O–H groups in total. The van der Waals surface area contributed by atoms with Crippen molar-refractivity contribution in [3.05, 3.63) is 30.4 Å². The summed E-state index contributed by atoms with van der Waals surface area (Å²) in [5, 5.41) is 22.4. The number of piperidine rings is 1. The van der Waals surface area contributed by atoms with E-state index in [9.17, 15) is 23.4 Å². The maximum absolute atomic E-state index is 13.2. The summed E-state index contributed by atoms with van der Waals surface area (Å²) in [5.74, 6) is -0.334. The van der Waals surface area contributed by atoms with E-state index in [-0.39, 0.29) is 31.6 Å². The number of alkyl halides is 3. The molecule has 1 fully saturated rings. The molecular weight excluding hydrogens is 427 g/mol. The Morgan fingerprint density at radius 1 is 1.22 bits per heavy atom. The van der Waals surface area contributed by atoms with Crippen molar-refractivity contribution in [1.82, 2.24) is 24.5 Å². The lowest BCUT2D eigenvalue weighted by Crippen LogP contribution is -2.49. The van der Waals surface area contributed by atoms with Crippen LogP contribution in [0.1, 0.15) is 32.1 Å². The number of aliphatic hydroxyl groups excluding tert-OH is 2. The summed E-state index contributed by atoms with van der Waals surface area (Å²) in [6.07, 6.45) is -2.91. The van der Waals surface area contributed by atoms with E-state index in [1.165, 1.54) is 11.1 Å². The van der Waals surface area contributed by atoms with Crippen LogP contribution in [0.2, 0.25) is 0 Å². The monoisotopic (exact) mass is 451 g/mol. The molecule has 0 spiro atoms. The maximum atomic E-state index is 13.2. The Morgan fingerprint density at radius 2 is 2.00 bits per heavy atom. The molecule has 3 aromatic heterocycles. The molecule has 0 aliphatic carbocycles. The SMILES string of the molecule is CC(C)n1c(CO)nc2cnc(Nc3ccnc(N4CCC(O)C(C(F)(F)F)C4)n3)cc21. The number of pyridine rings is 1. The molecule has 1 saturated heterocycles. The molecule has 4 rings (SSSR count). The molecule has 32 heavy (non-hydrogen) atoms. The van der Waals surface area contributed by atoms with Crippen LogP contribution in [0, 0.1) is 5.92 Å². The van der Waals surface area contributed by atoms with Crippen molar-refractivity contribution in [3.63, 3.8) is 0 Å². The van der Waals surface area contributed by atoms with Gasteiger partial charge in [-0.15, -0.1) is 0 Å². The fraction of sp³-hybridized carbons (Fsp3) is 0.500. The second kappa shape index (κ2) is 8.51. The second-order valence-electron chi connectivity index (χ2n) is 8.03. The smallest absolute Gasteiger partial charge is 0.392 e. The van der Waals surface area contributed by atoms with Crippen molar-refractivity contribution in [3.8, 4) is 0 Å². The van der Waals surface area contributed by atoms with Gasteiger partial charge in [0.1, 0.15) is 29.6 Å². The third-order valence-electron chi connectivity index (χ3n) is 5.49. The number of imidazole rings is 1. The number of fused-ring (bicyclic) bond motifs is 1. The number of nitrogens with zero attached hydrogens (tertiary/aromatic N) is 6. The number of aromatic nitrogens is 5. The number of nitrogens with one attached hydrogen (secondary N) is 1. The van der Waals surface area contributed by atoms with Gasteiger partial charge in [-0.05, 0) is 26.3 Å². The molecule has 0 aromatic carbocycles. The van der Waals surface area contributed by atoms with Crippen molar-refractivity contribution in [1.29, 1.82) is 0 Å². The fourth-order valence-corrected chi connectivity index (χ4v) is 3.95. The van der Waals surface area contributed by atoms with E-state index in [2.05, 4.69) is 25.3 Å². The van der Waals surface area contributed by atoms with Gasteiger partial charge in [0.25, 0.3) is 0 Å². The van der Waals surface area contributed by atoms with Crippen LogP contribution in [-0.4, -0.2) is 60.1 Å². The van der Waals surface area contributed by atoms with Gasteiger partial charge < -0.3 is 25.0 Å². The first-order chi connectivity index (χ1) is 15.2. The van der Waals surface area contributed by atoms with Gasteiger partial charge in [0.2, 0.25) is 5.95 Å². The zero-order valence-corrected chi connectivity index (χ0v) is 17.6. The lowest BCUT2D eigenvalue weighted by atomic mass is 9.94. The number of hydrogen-bond donors (Lipinski definition) is 3. The summed E-state index contributed by atoms with van der Waals surface area (Å²) in [7, 11) is 0. The Bertz CT molecular complexity index is 1100. The average molecular weight is 451 g/mol. The molecule has 172 valence electrons. The van der Waals surface area contributed by atoms with E-state index in [0.717, 1.165) is 5.52 Å². The molecule has 12 heteroatoms. The Morgan fingerprint density at radius 3 is 2.69 bits per heavy atom. The van der Waals surface area contributed by atoms with Gasteiger partial charge in [0.05, 0.1) is 23.7 Å². The van der Waals surface area contributed by atoms with Crippen LogP contribution in [0.3, 0.4) is 0 Å². The fourth-order valence-electron chi connectivity index (χ4n) is 3.95. The van der Waals surface area contributed by atoms with Crippen molar-refractivity contribution >= 4 is 28.6 Å². The van der Waals surface area contributed by atoms with Gasteiger partial charge >= 0.3 is 6.18 Å². The molecule has 4 heterocycles. The van der Waals surface area contributed by atoms with Crippen molar-refractivity contribution < 1.29 is 23.4 Å². The number of anilines is 3. The largest absolute Gasteiger partial charge is 0.395 e. The van der Waals surface area contributed by atoms with Gasteiger partial charge in [-0.1, -0.05) is 0 Å². The highest BCUT2D eigenvalue weighted by atomic mass is 19.4. The van der Waals surface area contributed by atoms with E-state index in [0.29, 0.717) is 23.0 Å². The number of halogens is 3. The van der Waals surface area contributed by atoms with E-state index < -0.39 is 24.7 Å². The lowest BCUT2D eigenvalue weighted by molar-refractivity contribution is -0.200. The van der Waals surface area contributed by atoms with Crippen LogP contribution in [0.25, 0.3) is 11.0 Å². The molecule has 1 aliphatic rings. The summed E-state index contributed by atoms with van der Waals surface area (Å²) in [6, 6.07) is 3.44. The zero-order chi connectivity index (χ0) is 23.0. The molecule has 0 bridgehead atoms. The van der Waals surface area contributed by atoms with Gasteiger partial charge in [-0.2, -0.15) is 18.2 Å². The summed E-state index contributed by atoms with van der Waals surface area (Å²) >= 11 is 0. The Balaban J connectivity index is 1.58. The van der Waals surface area contributed by atoms with Gasteiger partial charge in [-0.25, -0.2) is 15.0 Å². The first kappa shape index (κ1) is 22.2. The summed E-state index contributed by atoms with van der Waals surface area (Å²) in [6.45, 7) is 3.58. The van der Waals surface area contributed by atoms with E-state index in [1.807, 2.05) is 18.4 Å². The molecular formula is C20H24F3N7O2. The van der Waals surface area contributed by atoms with Crippen molar-refractivity contribution in [2.45, 2.75) is 45.2 Å². The highest BCUT2D eigenvalue weighted by molar-refractivity contribution is 5.79. The minimum atomic E-state index is -4.50. The second-order valence-corrected chi connectivity index (χ2v) is 8.03. The third kappa shape index (κ3) is 4.32. The number of aliphatic hydroxyl groups is 2. The quantitative estimate of drug-likeness (QED) is 0.543. The predicted molar refractivity (Wildman–Crippen MR) is 112 cm³/mol. The van der Waals surface area contributed by atoms with Crippen molar-refractivity contribution in [2.24, 2.45) is 5.92 Å². The molecule has 3 aromatic rings. The van der Waals surface area contributed by atoms with Gasteiger partial charge in [0, 0.05) is 31.4 Å². The van der Waals surface area contributed by atoms with Crippen LogP contribution >= 0.6 is 0 Å². The zero-order valence-electron chi connectivity index (χ0n) is 17.6. The molecule has 0 radical (unpaired) electrons. The maximum Gasteiger partial charge on any atom is 0.395 e. The highest BCUT2D eigenvalue weighted by Crippen LogP contribution is 2.34. The molecule has 9 nitrogen and oxygen atoms in total. The first-order valence-electron chi connectivity index (χ1n) is 10.2. The Labute approximate surface area is 182 Å². The molecule has 2 unspecified atom stereocenters. The summed E-state index contributed by atoms with van der Waals surface area (Å²) < 4.78 is 41.6. The number of hydrogen-bond acceptors (Lipinski definition) is 8. The summed E-state index contributed by atoms with van der Waals surface area (Å²) in [5.41, 5.74) is 1.43. The molecule has 0 amide bonds. The Kier molecular flexibility index (Phi) is 5.91. The minimum Gasteiger partial charge on any atom is -0.392 e. The average Bonchev–Trinajstić information content (AvgIpc) is 3.11. The lowest BCUT2D eigenvalue weighted by Gasteiger charge is -2.37. The Hall–Kier alpha value is -2.99. The van der Waals surface area contributed by atoms with Crippen LogP contribution < -0.4 is 10.2 Å². The van der Waals surface area contributed by atoms with E-state index in [4.69, 9.17) is 0 Å². The van der Waals surface area contributed by atoms with E-state index >= 15 is 0 Å². The van der Waals surface area contributed by atoms with Crippen LogP contribution in [-0.2, 0) is 6.61 Å². The molecule has 1 aliphatic heterocycles. The van der Waals surface area contributed by atoms with Crippen LogP contribution in [0.15, 0.2) is 24.5 Å².